The third kappa shape index (κ3) is 4.76. The van der Waals surface area contributed by atoms with Crippen molar-refractivity contribution in [2.24, 2.45) is 23.5 Å². The molecule has 0 aromatic carbocycles. The van der Waals surface area contributed by atoms with Crippen LogP contribution in [0.1, 0.15) is 20.3 Å². The first-order chi connectivity index (χ1) is 9.10. The Morgan fingerprint density at radius 1 is 1.35 bits per heavy atom. The van der Waals surface area contributed by atoms with Crippen molar-refractivity contribution in [1.82, 2.24) is 4.90 Å². The molecular formula is C13H17F3N2O2. The van der Waals surface area contributed by atoms with Crippen LogP contribution in [-0.4, -0.2) is 36.0 Å². The third-order valence-electron chi connectivity index (χ3n) is 3.22. The minimum atomic E-state index is -4.50. The van der Waals surface area contributed by atoms with Gasteiger partial charge in [-0.2, -0.15) is 13.2 Å². The van der Waals surface area contributed by atoms with Crippen LogP contribution in [0.2, 0.25) is 0 Å². The van der Waals surface area contributed by atoms with Gasteiger partial charge >= 0.3 is 6.18 Å². The number of likely N-dealkylation sites (tertiary alicyclic amines) is 1. The Hall–Kier alpha value is -1.71. The summed E-state index contributed by atoms with van der Waals surface area (Å²) in [6, 6.07) is 0. The van der Waals surface area contributed by atoms with Crippen LogP contribution in [0, 0.1) is 29.6 Å². The van der Waals surface area contributed by atoms with Crippen molar-refractivity contribution < 1.29 is 22.8 Å². The van der Waals surface area contributed by atoms with Crippen LogP contribution in [0.4, 0.5) is 13.2 Å². The topological polar surface area (TPSA) is 63.4 Å². The van der Waals surface area contributed by atoms with E-state index < -0.39 is 23.9 Å². The lowest BCUT2D eigenvalue weighted by molar-refractivity contribution is -0.140. The molecule has 1 aliphatic rings. The third-order valence-corrected chi connectivity index (χ3v) is 3.22. The minimum Gasteiger partial charge on any atom is -0.369 e. The zero-order valence-electron chi connectivity index (χ0n) is 11.3. The molecule has 1 aliphatic heterocycles. The van der Waals surface area contributed by atoms with Gasteiger partial charge in [-0.05, 0) is 5.92 Å². The fourth-order valence-electron chi connectivity index (χ4n) is 1.94. The SMILES string of the molecule is CC(C)C(CC(=O)N1CC(C#CC(F)(F)F)C1)C(N)=O. The Labute approximate surface area is 115 Å². The summed E-state index contributed by atoms with van der Waals surface area (Å²) in [5.74, 6) is 1.41. The number of rotatable bonds is 4. The minimum absolute atomic E-state index is 0.00752. The van der Waals surface area contributed by atoms with E-state index in [4.69, 9.17) is 5.73 Å². The molecule has 0 spiro atoms. The van der Waals surface area contributed by atoms with Gasteiger partial charge in [-0.1, -0.05) is 19.8 Å². The van der Waals surface area contributed by atoms with Crippen molar-refractivity contribution in [3.8, 4) is 11.8 Å². The molecule has 112 valence electrons. The van der Waals surface area contributed by atoms with Crippen molar-refractivity contribution in [3.63, 3.8) is 0 Å². The summed E-state index contributed by atoms with van der Waals surface area (Å²) in [4.78, 5) is 24.4. The van der Waals surface area contributed by atoms with Crippen LogP contribution in [0.3, 0.4) is 0 Å². The Balaban J connectivity index is 2.45. The molecule has 0 bridgehead atoms. The molecule has 1 rings (SSSR count). The van der Waals surface area contributed by atoms with E-state index in [1.54, 1.807) is 13.8 Å². The van der Waals surface area contributed by atoms with E-state index in [0.717, 1.165) is 0 Å². The molecular weight excluding hydrogens is 273 g/mol. The van der Waals surface area contributed by atoms with Crippen molar-refractivity contribution in [3.05, 3.63) is 0 Å². The summed E-state index contributed by atoms with van der Waals surface area (Å²) in [5, 5.41) is 0. The second kappa shape index (κ2) is 6.16. The Morgan fingerprint density at radius 3 is 2.30 bits per heavy atom. The Morgan fingerprint density at radius 2 is 1.90 bits per heavy atom. The van der Waals surface area contributed by atoms with Crippen molar-refractivity contribution in [2.75, 3.05) is 13.1 Å². The molecule has 1 atom stereocenters. The maximum absolute atomic E-state index is 11.9. The number of nitrogens with two attached hydrogens (primary N) is 1. The standard InChI is InChI=1S/C13H17F3N2O2/c1-8(2)10(12(17)20)5-11(19)18-6-9(7-18)3-4-13(14,15)16/h8-10H,5-7H2,1-2H3,(H2,17,20). The van der Waals surface area contributed by atoms with E-state index in [1.807, 2.05) is 0 Å². The highest BCUT2D eigenvalue weighted by molar-refractivity contribution is 5.85. The molecule has 0 aromatic rings. The van der Waals surface area contributed by atoms with Gasteiger partial charge in [-0.3, -0.25) is 9.59 Å². The quantitative estimate of drug-likeness (QED) is 0.790. The average Bonchev–Trinajstić information content (AvgIpc) is 2.20. The molecule has 7 heteroatoms. The van der Waals surface area contributed by atoms with Crippen LogP contribution in [0.25, 0.3) is 0 Å². The van der Waals surface area contributed by atoms with E-state index in [0.29, 0.717) is 0 Å². The molecule has 4 nitrogen and oxygen atoms in total. The van der Waals surface area contributed by atoms with E-state index in [-0.39, 0.29) is 31.3 Å². The lowest BCUT2D eigenvalue weighted by Crippen LogP contribution is -2.50. The Bertz CT molecular complexity index is 443. The summed E-state index contributed by atoms with van der Waals surface area (Å²) < 4.78 is 35.6. The molecule has 0 radical (unpaired) electrons. The molecule has 0 aliphatic carbocycles. The molecule has 1 fully saturated rings. The number of nitrogens with zero attached hydrogens (tertiary/aromatic N) is 1. The number of hydrogen-bond acceptors (Lipinski definition) is 2. The molecule has 20 heavy (non-hydrogen) atoms. The monoisotopic (exact) mass is 290 g/mol. The van der Waals surface area contributed by atoms with Crippen molar-refractivity contribution in [2.45, 2.75) is 26.4 Å². The number of amides is 2. The van der Waals surface area contributed by atoms with E-state index in [1.165, 1.54) is 10.8 Å². The zero-order chi connectivity index (χ0) is 15.5. The Kier molecular flexibility index (Phi) is 5.03. The zero-order valence-corrected chi connectivity index (χ0v) is 11.3. The van der Waals surface area contributed by atoms with Crippen LogP contribution in [-0.2, 0) is 9.59 Å². The largest absolute Gasteiger partial charge is 0.457 e. The van der Waals surface area contributed by atoms with E-state index >= 15 is 0 Å². The fourth-order valence-corrected chi connectivity index (χ4v) is 1.94. The van der Waals surface area contributed by atoms with Gasteiger partial charge in [-0.25, -0.2) is 0 Å². The number of primary amides is 1. The number of hydrogen-bond donors (Lipinski definition) is 1. The highest BCUT2D eigenvalue weighted by Gasteiger charge is 2.33. The van der Waals surface area contributed by atoms with E-state index in [2.05, 4.69) is 5.92 Å². The molecule has 1 heterocycles. The van der Waals surface area contributed by atoms with Crippen LogP contribution >= 0.6 is 0 Å². The highest BCUT2D eigenvalue weighted by Crippen LogP contribution is 2.22. The second-order valence-electron chi connectivity index (χ2n) is 5.22. The lowest BCUT2D eigenvalue weighted by atomic mass is 9.90. The van der Waals surface area contributed by atoms with Gasteiger partial charge < -0.3 is 10.6 Å². The van der Waals surface area contributed by atoms with Crippen molar-refractivity contribution in [1.29, 1.82) is 0 Å². The van der Waals surface area contributed by atoms with E-state index in [9.17, 15) is 22.8 Å². The maximum Gasteiger partial charge on any atom is 0.457 e. The highest BCUT2D eigenvalue weighted by atomic mass is 19.4. The smallest absolute Gasteiger partial charge is 0.369 e. The molecule has 0 saturated carbocycles. The summed E-state index contributed by atoms with van der Waals surface area (Å²) in [5.41, 5.74) is 5.21. The summed E-state index contributed by atoms with van der Waals surface area (Å²) in [6.45, 7) is 3.92. The predicted octanol–water partition coefficient (Wildman–Crippen LogP) is 1.16. The summed E-state index contributed by atoms with van der Waals surface area (Å²) in [7, 11) is 0. The maximum atomic E-state index is 11.9. The fraction of sp³-hybridized carbons (Fsp3) is 0.692. The van der Waals surface area contributed by atoms with Crippen molar-refractivity contribution >= 4 is 11.8 Å². The van der Waals surface area contributed by atoms with Crippen LogP contribution < -0.4 is 5.73 Å². The van der Waals surface area contributed by atoms with Gasteiger partial charge in [0.15, 0.2) is 0 Å². The van der Waals surface area contributed by atoms with Gasteiger partial charge in [0.1, 0.15) is 0 Å². The van der Waals surface area contributed by atoms with Gasteiger partial charge in [0.05, 0.1) is 5.92 Å². The lowest BCUT2D eigenvalue weighted by Gasteiger charge is -2.37. The predicted molar refractivity (Wildman–Crippen MR) is 66.0 cm³/mol. The van der Waals surface area contributed by atoms with Gasteiger partial charge in [0.2, 0.25) is 11.8 Å². The first-order valence-corrected chi connectivity index (χ1v) is 6.26. The molecule has 1 saturated heterocycles. The molecule has 1 unspecified atom stereocenters. The van der Waals surface area contributed by atoms with Gasteiger partial charge in [-0.15, -0.1) is 0 Å². The van der Waals surface area contributed by atoms with Gasteiger partial charge in [0.25, 0.3) is 0 Å². The summed E-state index contributed by atoms with van der Waals surface area (Å²) in [6.07, 6.45) is -4.51. The number of carbonyl (C=O) groups excluding carboxylic acids is 2. The van der Waals surface area contributed by atoms with Crippen LogP contribution in [0.15, 0.2) is 0 Å². The summed E-state index contributed by atoms with van der Waals surface area (Å²) >= 11 is 0. The first kappa shape index (κ1) is 16.3. The van der Waals surface area contributed by atoms with Gasteiger partial charge in [0, 0.05) is 31.3 Å². The molecule has 2 amide bonds. The average molecular weight is 290 g/mol. The first-order valence-electron chi connectivity index (χ1n) is 6.26. The number of carbonyl (C=O) groups is 2. The number of alkyl halides is 3. The normalized spacial score (nSPS) is 17.2. The molecule has 2 N–H and O–H groups in total. The number of halogens is 3. The van der Waals surface area contributed by atoms with Crippen LogP contribution in [0.5, 0.6) is 0 Å². The second-order valence-corrected chi connectivity index (χ2v) is 5.22. The molecule has 0 aromatic heterocycles.